The van der Waals surface area contributed by atoms with Gasteiger partial charge in [-0.25, -0.2) is 0 Å². The van der Waals surface area contributed by atoms with Crippen molar-refractivity contribution in [3.05, 3.63) is 28.8 Å². The van der Waals surface area contributed by atoms with Gasteiger partial charge in [0.1, 0.15) is 0 Å². The van der Waals surface area contributed by atoms with E-state index in [-0.39, 0.29) is 6.10 Å². The predicted molar refractivity (Wildman–Crippen MR) is 90.2 cm³/mol. The van der Waals surface area contributed by atoms with E-state index in [1.54, 1.807) is 0 Å². The van der Waals surface area contributed by atoms with Crippen LogP contribution >= 0.6 is 11.6 Å². The topological polar surface area (TPSA) is 24.5 Å². The van der Waals surface area contributed by atoms with Crippen LogP contribution in [0.15, 0.2) is 18.2 Å². The second-order valence-electron chi connectivity index (χ2n) is 6.28. The Morgan fingerprint density at radius 3 is 3.00 bits per heavy atom. The lowest BCUT2D eigenvalue weighted by Crippen LogP contribution is -2.31. The molecule has 0 bridgehead atoms. The minimum Gasteiger partial charge on any atom is -0.377 e. The third-order valence-corrected chi connectivity index (χ3v) is 3.94. The summed E-state index contributed by atoms with van der Waals surface area (Å²) in [6, 6.07) is 6.21. The van der Waals surface area contributed by atoms with Crippen LogP contribution in [-0.2, 0) is 11.3 Å². The maximum Gasteiger partial charge on any atom is 0.0721 e. The molecule has 0 amide bonds. The molecule has 1 fully saturated rings. The van der Waals surface area contributed by atoms with Gasteiger partial charge in [0.2, 0.25) is 0 Å². The molecule has 3 nitrogen and oxygen atoms in total. The molecule has 1 aromatic rings. The van der Waals surface area contributed by atoms with Crippen molar-refractivity contribution in [1.82, 2.24) is 5.32 Å². The normalized spacial score (nSPS) is 19.9. The first-order valence-corrected chi connectivity index (χ1v) is 8.29. The highest BCUT2D eigenvalue weighted by Crippen LogP contribution is 2.26. The quantitative estimate of drug-likeness (QED) is 0.897. The van der Waals surface area contributed by atoms with Crippen LogP contribution in [-0.4, -0.2) is 32.3 Å². The van der Waals surface area contributed by atoms with Crippen LogP contribution in [0.4, 0.5) is 5.69 Å². The maximum atomic E-state index is 6.22. The van der Waals surface area contributed by atoms with Gasteiger partial charge in [0.25, 0.3) is 0 Å². The second kappa shape index (κ2) is 8.02. The van der Waals surface area contributed by atoms with Crippen LogP contribution in [0.2, 0.25) is 5.02 Å². The lowest BCUT2D eigenvalue weighted by molar-refractivity contribution is 0.0821. The van der Waals surface area contributed by atoms with Gasteiger partial charge < -0.3 is 15.0 Å². The van der Waals surface area contributed by atoms with Gasteiger partial charge in [-0.05, 0) is 43.5 Å². The van der Waals surface area contributed by atoms with Gasteiger partial charge in [-0.3, -0.25) is 0 Å². The Labute approximate surface area is 133 Å². The van der Waals surface area contributed by atoms with Crippen molar-refractivity contribution in [2.24, 2.45) is 5.92 Å². The summed E-state index contributed by atoms with van der Waals surface area (Å²) in [5, 5.41) is 4.33. The fourth-order valence-electron chi connectivity index (χ4n) is 2.69. The van der Waals surface area contributed by atoms with Gasteiger partial charge in [-0.15, -0.1) is 0 Å². The highest BCUT2D eigenvalue weighted by atomic mass is 35.5. The molecular weight excluding hydrogens is 284 g/mol. The second-order valence-corrected chi connectivity index (χ2v) is 6.72. The summed E-state index contributed by atoms with van der Waals surface area (Å²) in [5.41, 5.74) is 2.56. The Kier molecular flexibility index (Phi) is 6.34. The molecule has 1 heterocycles. The van der Waals surface area contributed by atoms with Gasteiger partial charge in [0.15, 0.2) is 0 Å². The van der Waals surface area contributed by atoms with E-state index in [4.69, 9.17) is 16.3 Å². The molecule has 1 unspecified atom stereocenters. The van der Waals surface area contributed by atoms with E-state index in [1.807, 2.05) is 6.07 Å². The first kappa shape index (κ1) is 16.6. The van der Waals surface area contributed by atoms with Crippen LogP contribution in [0.1, 0.15) is 32.8 Å². The summed E-state index contributed by atoms with van der Waals surface area (Å²) in [7, 11) is 0. The number of anilines is 1. The molecule has 1 N–H and O–H groups in total. The maximum absolute atomic E-state index is 6.22. The van der Waals surface area contributed by atoms with Crippen molar-refractivity contribution in [1.29, 1.82) is 0 Å². The average Bonchev–Trinajstić information content (AvgIpc) is 2.64. The Morgan fingerprint density at radius 2 is 2.24 bits per heavy atom. The number of nitrogens with zero attached hydrogens (tertiary/aromatic N) is 1. The molecule has 1 saturated heterocycles. The standard InChI is InChI=1S/C17H27ClN2O/c1-13(2)10-19-11-15-5-6-16(18)9-17(15)20-7-4-8-21-14(3)12-20/h5-6,9,13-14,19H,4,7-8,10-12H2,1-3H3. The highest BCUT2D eigenvalue weighted by Gasteiger charge is 2.18. The van der Waals surface area contributed by atoms with Crippen molar-refractivity contribution in [2.45, 2.75) is 39.8 Å². The number of ether oxygens (including phenoxy) is 1. The molecule has 21 heavy (non-hydrogen) atoms. The molecule has 1 aliphatic rings. The van der Waals surface area contributed by atoms with Gasteiger partial charge in [-0.1, -0.05) is 31.5 Å². The summed E-state index contributed by atoms with van der Waals surface area (Å²) in [4.78, 5) is 2.41. The van der Waals surface area contributed by atoms with Crippen molar-refractivity contribution < 1.29 is 4.74 Å². The summed E-state index contributed by atoms with van der Waals surface area (Å²) >= 11 is 6.22. The molecule has 4 heteroatoms. The van der Waals surface area contributed by atoms with Crippen LogP contribution in [0.3, 0.4) is 0 Å². The van der Waals surface area contributed by atoms with Crippen molar-refractivity contribution >= 4 is 17.3 Å². The molecule has 0 aliphatic carbocycles. The fourth-order valence-corrected chi connectivity index (χ4v) is 2.86. The summed E-state index contributed by atoms with van der Waals surface area (Å²) in [6.45, 7) is 11.3. The van der Waals surface area contributed by atoms with E-state index >= 15 is 0 Å². The van der Waals surface area contributed by atoms with Crippen LogP contribution < -0.4 is 10.2 Å². The zero-order valence-electron chi connectivity index (χ0n) is 13.4. The average molecular weight is 311 g/mol. The Morgan fingerprint density at radius 1 is 1.43 bits per heavy atom. The third kappa shape index (κ3) is 5.17. The number of rotatable bonds is 5. The first-order chi connectivity index (χ1) is 10.1. The van der Waals surface area contributed by atoms with E-state index in [9.17, 15) is 0 Å². The van der Waals surface area contributed by atoms with Crippen LogP contribution in [0.5, 0.6) is 0 Å². The Bertz CT molecular complexity index is 450. The number of benzene rings is 1. The Balaban J connectivity index is 2.13. The molecule has 2 rings (SSSR count). The molecule has 0 spiro atoms. The molecule has 0 aromatic heterocycles. The predicted octanol–water partition coefficient (Wildman–Crippen LogP) is 3.70. The molecular formula is C17H27ClN2O. The lowest BCUT2D eigenvalue weighted by atomic mass is 10.1. The molecule has 118 valence electrons. The molecule has 0 radical (unpaired) electrons. The van der Waals surface area contributed by atoms with Gasteiger partial charge in [0.05, 0.1) is 6.10 Å². The minimum atomic E-state index is 0.267. The van der Waals surface area contributed by atoms with Gasteiger partial charge >= 0.3 is 0 Å². The number of nitrogens with one attached hydrogen (secondary N) is 1. The third-order valence-electron chi connectivity index (χ3n) is 3.71. The summed E-state index contributed by atoms with van der Waals surface area (Å²) < 4.78 is 5.75. The van der Waals surface area contributed by atoms with E-state index in [1.165, 1.54) is 11.3 Å². The number of hydrogen-bond acceptors (Lipinski definition) is 3. The number of halogens is 1. The van der Waals surface area contributed by atoms with Gasteiger partial charge in [0, 0.05) is 37.0 Å². The largest absolute Gasteiger partial charge is 0.377 e. The van der Waals surface area contributed by atoms with E-state index in [0.29, 0.717) is 5.92 Å². The molecule has 0 saturated carbocycles. The first-order valence-electron chi connectivity index (χ1n) is 7.92. The van der Waals surface area contributed by atoms with Crippen molar-refractivity contribution in [3.63, 3.8) is 0 Å². The van der Waals surface area contributed by atoms with Crippen molar-refractivity contribution in [3.8, 4) is 0 Å². The smallest absolute Gasteiger partial charge is 0.0721 e. The molecule has 1 aliphatic heterocycles. The lowest BCUT2D eigenvalue weighted by Gasteiger charge is -2.27. The van der Waals surface area contributed by atoms with E-state index < -0.39 is 0 Å². The minimum absolute atomic E-state index is 0.267. The zero-order chi connectivity index (χ0) is 15.2. The van der Waals surface area contributed by atoms with Crippen LogP contribution in [0.25, 0.3) is 0 Å². The highest BCUT2D eigenvalue weighted by molar-refractivity contribution is 6.30. The fraction of sp³-hybridized carbons (Fsp3) is 0.647. The monoisotopic (exact) mass is 310 g/mol. The van der Waals surface area contributed by atoms with E-state index in [0.717, 1.165) is 44.2 Å². The summed E-state index contributed by atoms with van der Waals surface area (Å²) in [5.74, 6) is 0.660. The van der Waals surface area contributed by atoms with E-state index in [2.05, 4.69) is 43.1 Å². The Hall–Kier alpha value is -0.770. The van der Waals surface area contributed by atoms with Gasteiger partial charge in [-0.2, -0.15) is 0 Å². The molecule has 1 atom stereocenters. The number of hydrogen-bond donors (Lipinski definition) is 1. The zero-order valence-corrected chi connectivity index (χ0v) is 14.1. The summed E-state index contributed by atoms with van der Waals surface area (Å²) in [6.07, 6.45) is 1.33. The SMILES string of the molecule is CC(C)CNCc1ccc(Cl)cc1N1CCCOC(C)C1. The molecule has 1 aromatic carbocycles. The van der Waals surface area contributed by atoms with Crippen LogP contribution in [0, 0.1) is 5.92 Å². The van der Waals surface area contributed by atoms with Crippen molar-refractivity contribution in [2.75, 3.05) is 31.1 Å².